The molecule has 0 fully saturated rings. The topological polar surface area (TPSA) is 12.0 Å². The molecule has 0 bridgehead atoms. The summed E-state index contributed by atoms with van der Waals surface area (Å²) in [5.41, 5.74) is 4.51. The highest BCUT2D eigenvalue weighted by molar-refractivity contribution is 7.10. The van der Waals surface area contributed by atoms with Gasteiger partial charge in [0.2, 0.25) is 0 Å². The molecule has 1 unspecified atom stereocenters. The molecule has 0 saturated heterocycles. The van der Waals surface area contributed by atoms with Gasteiger partial charge in [-0.05, 0) is 55.4 Å². The van der Waals surface area contributed by atoms with Crippen molar-refractivity contribution in [2.45, 2.75) is 45.2 Å². The first-order valence-electron chi connectivity index (χ1n) is 7.30. The van der Waals surface area contributed by atoms with Gasteiger partial charge in [0.1, 0.15) is 0 Å². The monoisotopic (exact) mass is 305 g/mol. The standard InChI is InChI=1S/C17H20ClNS/c1-12(19-10-17-9-16(18)11-20-17)14-7-6-13-4-2-3-5-15(13)8-14/h6-9,11-12,19H,2-5,10H2,1H3. The fourth-order valence-electron chi connectivity index (χ4n) is 2.84. The predicted octanol–water partition coefficient (Wildman–Crippen LogP) is 5.13. The maximum Gasteiger partial charge on any atom is 0.0516 e. The minimum atomic E-state index is 0.378. The molecule has 1 heterocycles. The van der Waals surface area contributed by atoms with Crippen molar-refractivity contribution >= 4 is 22.9 Å². The van der Waals surface area contributed by atoms with Gasteiger partial charge in [0.25, 0.3) is 0 Å². The molecule has 1 N–H and O–H groups in total. The molecule has 1 nitrogen and oxygen atoms in total. The van der Waals surface area contributed by atoms with E-state index in [4.69, 9.17) is 11.6 Å². The maximum atomic E-state index is 5.95. The van der Waals surface area contributed by atoms with Gasteiger partial charge in [-0.25, -0.2) is 0 Å². The van der Waals surface area contributed by atoms with E-state index < -0.39 is 0 Å². The third kappa shape index (κ3) is 3.25. The highest BCUT2D eigenvalue weighted by atomic mass is 35.5. The summed E-state index contributed by atoms with van der Waals surface area (Å²) < 4.78 is 0. The Morgan fingerprint density at radius 2 is 2.00 bits per heavy atom. The highest BCUT2D eigenvalue weighted by Gasteiger charge is 2.12. The second-order valence-corrected chi connectivity index (χ2v) is 7.00. The van der Waals surface area contributed by atoms with Crippen LogP contribution in [0.2, 0.25) is 5.02 Å². The van der Waals surface area contributed by atoms with Crippen LogP contribution in [0.25, 0.3) is 0 Å². The van der Waals surface area contributed by atoms with E-state index in [0.29, 0.717) is 6.04 Å². The number of fused-ring (bicyclic) bond motifs is 1. The summed E-state index contributed by atoms with van der Waals surface area (Å²) in [5, 5.41) is 6.42. The quantitative estimate of drug-likeness (QED) is 0.825. The lowest BCUT2D eigenvalue weighted by Gasteiger charge is -2.20. The Hall–Kier alpha value is -0.830. The van der Waals surface area contributed by atoms with Gasteiger partial charge in [-0.2, -0.15) is 0 Å². The summed E-state index contributed by atoms with van der Waals surface area (Å²) in [6.45, 7) is 3.12. The molecule has 3 rings (SSSR count). The third-order valence-corrected chi connectivity index (χ3v) is 5.36. The summed E-state index contributed by atoms with van der Waals surface area (Å²) >= 11 is 7.67. The Balaban J connectivity index is 1.66. The molecule has 20 heavy (non-hydrogen) atoms. The van der Waals surface area contributed by atoms with E-state index in [9.17, 15) is 0 Å². The Kier molecular flexibility index (Phi) is 4.45. The first-order chi connectivity index (χ1) is 9.72. The zero-order valence-corrected chi connectivity index (χ0v) is 13.4. The predicted molar refractivity (Wildman–Crippen MR) is 87.7 cm³/mol. The van der Waals surface area contributed by atoms with Gasteiger partial charge < -0.3 is 5.32 Å². The molecule has 0 spiro atoms. The minimum Gasteiger partial charge on any atom is -0.305 e. The van der Waals surface area contributed by atoms with Crippen LogP contribution in [0.3, 0.4) is 0 Å². The zero-order valence-electron chi connectivity index (χ0n) is 11.8. The second-order valence-electron chi connectivity index (χ2n) is 5.57. The van der Waals surface area contributed by atoms with Crippen LogP contribution < -0.4 is 5.32 Å². The van der Waals surface area contributed by atoms with Crippen LogP contribution >= 0.6 is 22.9 Å². The van der Waals surface area contributed by atoms with E-state index in [2.05, 4.69) is 30.4 Å². The molecule has 0 saturated carbocycles. The lowest BCUT2D eigenvalue weighted by molar-refractivity contribution is 0.576. The van der Waals surface area contributed by atoms with Crippen molar-refractivity contribution in [2.24, 2.45) is 0 Å². The Bertz CT molecular complexity index is 590. The maximum absolute atomic E-state index is 5.95. The van der Waals surface area contributed by atoms with Crippen molar-refractivity contribution in [1.29, 1.82) is 0 Å². The van der Waals surface area contributed by atoms with Crippen LogP contribution in [0.4, 0.5) is 0 Å². The number of benzene rings is 1. The second kappa shape index (κ2) is 6.30. The molecule has 0 amide bonds. The number of nitrogens with one attached hydrogen (secondary N) is 1. The average molecular weight is 306 g/mol. The van der Waals surface area contributed by atoms with Crippen LogP contribution in [0.15, 0.2) is 29.6 Å². The van der Waals surface area contributed by atoms with Crippen molar-refractivity contribution in [1.82, 2.24) is 5.32 Å². The summed E-state index contributed by atoms with van der Waals surface area (Å²) in [7, 11) is 0. The Morgan fingerprint density at radius 1 is 1.20 bits per heavy atom. The summed E-state index contributed by atoms with van der Waals surface area (Å²) in [4.78, 5) is 1.29. The van der Waals surface area contributed by atoms with Gasteiger partial charge in [0.15, 0.2) is 0 Å². The van der Waals surface area contributed by atoms with Crippen LogP contribution in [0, 0.1) is 0 Å². The molecule has 3 heteroatoms. The number of hydrogen-bond acceptors (Lipinski definition) is 2. The van der Waals surface area contributed by atoms with Crippen molar-refractivity contribution in [3.63, 3.8) is 0 Å². The molecule has 1 aliphatic carbocycles. The molecule has 106 valence electrons. The van der Waals surface area contributed by atoms with E-state index in [1.807, 2.05) is 11.4 Å². The van der Waals surface area contributed by atoms with E-state index in [-0.39, 0.29) is 0 Å². The fourth-order valence-corrected chi connectivity index (χ4v) is 3.86. The molecular weight excluding hydrogens is 286 g/mol. The van der Waals surface area contributed by atoms with Crippen molar-refractivity contribution in [2.75, 3.05) is 0 Å². The van der Waals surface area contributed by atoms with Crippen LogP contribution in [-0.2, 0) is 19.4 Å². The van der Waals surface area contributed by atoms with Gasteiger partial charge in [0.05, 0.1) is 5.02 Å². The largest absolute Gasteiger partial charge is 0.305 e. The lowest BCUT2D eigenvalue weighted by atomic mass is 9.89. The van der Waals surface area contributed by atoms with Crippen LogP contribution in [-0.4, -0.2) is 0 Å². The Morgan fingerprint density at radius 3 is 2.75 bits per heavy atom. The molecular formula is C17H20ClNS. The van der Waals surface area contributed by atoms with Crippen molar-refractivity contribution < 1.29 is 0 Å². The molecule has 0 radical (unpaired) electrons. The third-order valence-electron chi connectivity index (χ3n) is 4.08. The van der Waals surface area contributed by atoms with E-state index >= 15 is 0 Å². The normalized spacial score (nSPS) is 15.9. The van der Waals surface area contributed by atoms with Crippen LogP contribution in [0.1, 0.15) is 47.4 Å². The smallest absolute Gasteiger partial charge is 0.0516 e. The molecule has 1 aromatic heterocycles. The number of hydrogen-bond donors (Lipinski definition) is 1. The summed E-state index contributed by atoms with van der Waals surface area (Å²) in [5.74, 6) is 0. The summed E-state index contributed by atoms with van der Waals surface area (Å²) in [6, 6.07) is 9.42. The summed E-state index contributed by atoms with van der Waals surface area (Å²) in [6.07, 6.45) is 5.19. The van der Waals surface area contributed by atoms with Crippen molar-refractivity contribution in [3.05, 3.63) is 56.2 Å². The number of rotatable bonds is 4. The first-order valence-corrected chi connectivity index (χ1v) is 8.56. The SMILES string of the molecule is CC(NCc1cc(Cl)cs1)c1ccc2c(c1)CCCC2. The molecule has 0 aliphatic heterocycles. The van der Waals surface area contributed by atoms with Gasteiger partial charge >= 0.3 is 0 Å². The number of thiophene rings is 1. The average Bonchev–Trinajstić information content (AvgIpc) is 2.90. The van der Waals surface area contributed by atoms with Gasteiger partial charge in [-0.15, -0.1) is 11.3 Å². The fraction of sp³-hybridized carbons (Fsp3) is 0.412. The Labute approximate surface area is 130 Å². The molecule has 1 aromatic carbocycles. The van der Waals surface area contributed by atoms with Crippen molar-refractivity contribution in [3.8, 4) is 0 Å². The molecule has 1 aliphatic rings. The first kappa shape index (κ1) is 14.1. The molecule has 1 atom stereocenters. The van der Waals surface area contributed by atoms with Gasteiger partial charge in [-0.3, -0.25) is 0 Å². The van der Waals surface area contributed by atoms with E-state index in [1.165, 1.54) is 36.1 Å². The van der Waals surface area contributed by atoms with E-state index in [1.54, 1.807) is 22.5 Å². The highest BCUT2D eigenvalue weighted by Crippen LogP contribution is 2.25. The van der Waals surface area contributed by atoms with E-state index in [0.717, 1.165) is 11.6 Å². The molecule has 2 aromatic rings. The van der Waals surface area contributed by atoms with Gasteiger partial charge in [-0.1, -0.05) is 29.8 Å². The van der Waals surface area contributed by atoms with Gasteiger partial charge in [0, 0.05) is 22.8 Å². The van der Waals surface area contributed by atoms with Crippen LogP contribution in [0.5, 0.6) is 0 Å². The minimum absolute atomic E-state index is 0.378. The lowest BCUT2D eigenvalue weighted by Crippen LogP contribution is -2.18. The number of halogens is 1. The number of aryl methyl sites for hydroxylation is 2. The zero-order chi connectivity index (χ0) is 13.9.